The summed E-state index contributed by atoms with van der Waals surface area (Å²) in [6.45, 7) is 1.38. The molecule has 0 heterocycles. The summed E-state index contributed by atoms with van der Waals surface area (Å²) in [6, 6.07) is 6.55. The van der Waals surface area contributed by atoms with E-state index in [0.717, 1.165) is 5.75 Å². The summed E-state index contributed by atoms with van der Waals surface area (Å²) < 4.78 is 42.6. The summed E-state index contributed by atoms with van der Waals surface area (Å²) in [5, 5.41) is 0. The fourth-order valence-electron chi connectivity index (χ4n) is 1.11. The predicted molar refractivity (Wildman–Crippen MR) is 66.1 cm³/mol. The summed E-state index contributed by atoms with van der Waals surface area (Å²) in [5.41, 5.74) is 0. The largest absolute Gasteiger partial charge is 0.496 e. The van der Waals surface area contributed by atoms with Crippen LogP contribution in [-0.2, 0) is 23.4 Å². The second-order valence-electron chi connectivity index (χ2n) is 2.80. The molecule has 0 amide bonds. The SMILES string of the molecule is CCSc1ccccc1S(=O)(=O)OCO[PH+]=O. The van der Waals surface area contributed by atoms with Crippen LogP contribution in [0.1, 0.15) is 6.92 Å². The van der Waals surface area contributed by atoms with E-state index in [4.69, 9.17) is 0 Å². The lowest BCUT2D eigenvalue weighted by atomic mass is 10.4. The van der Waals surface area contributed by atoms with Crippen molar-refractivity contribution in [3.8, 4) is 0 Å². The molecule has 0 saturated carbocycles. The van der Waals surface area contributed by atoms with Crippen molar-refractivity contribution in [1.29, 1.82) is 0 Å². The minimum absolute atomic E-state index is 0.102. The molecular formula is C9H12O5PS2+. The molecule has 8 heteroatoms. The minimum Gasteiger partial charge on any atom is -0.232 e. The Kier molecular flexibility index (Phi) is 6.08. The topological polar surface area (TPSA) is 69.7 Å². The van der Waals surface area contributed by atoms with Gasteiger partial charge in [-0.05, 0) is 22.5 Å². The highest BCUT2D eigenvalue weighted by atomic mass is 32.2. The van der Waals surface area contributed by atoms with Gasteiger partial charge in [-0.15, -0.1) is 16.3 Å². The van der Waals surface area contributed by atoms with Crippen LogP contribution in [0.3, 0.4) is 0 Å². The number of thioether (sulfide) groups is 1. The Hall–Kier alpha value is -0.460. The molecule has 1 rings (SSSR count). The lowest BCUT2D eigenvalue weighted by Gasteiger charge is -2.07. The number of hydrogen-bond donors (Lipinski definition) is 0. The van der Waals surface area contributed by atoms with Crippen molar-refractivity contribution in [2.24, 2.45) is 0 Å². The van der Waals surface area contributed by atoms with Crippen LogP contribution in [-0.4, -0.2) is 21.0 Å². The fourth-order valence-corrected chi connectivity index (χ4v) is 3.34. The van der Waals surface area contributed by atoms with Crippen molar-refractivity contribution in [2.75, 3.05) is 12.5 Å². The van der Waals surface area contributed by atoms with Crippen LogP contribution in [0.25, 0.3) is 0 Å². The van der Waals surface area contributed by atoms with E-state index in [-0.39, 0.29) is 4.90 Å². The van der Waals surface area contributed by atoms with Crippen LogP contribution >= 0.6 is 20.4 Å². The predicted octanol–water partition coefficient (Wildman–Crippen LogP) is 2.42. The van der Waals surface area contributed by atoms with Gasteiger partial charge in [-0.1, -0.05) is 19.1 Å². The average Bonchev–Trinajstić information content (AvgIpc) is 2.30. The van der Waals surface area contributed by atoms with Gasteiger partial charge in [0, 0.05) is 4.90 Å². The molecule has 0 spiro atoms. The molecule has 17 heavy (non-hydrogen) atoms. The smallest absolute Gasteiger partial charge is 0.232 e. The number of rotatable bonds is 7. The van der Waals surface area contributed by atoms with E-state index in [1.165, 1.54) is 17.8 Å². The first-order chi connectivity index (χ1) is 8.11. The van der Waals surface area contributed by atoms with Crippen molar-refractivity contribution in [3.05, 3.63) is 24.3 Å². The van der Waals surface area contributed by atoms with E-state index in [1.807, 2.05) is 6.92 Å². The molecule has 5 nitrogen and oxygen atoms in total. The maximum absolute atomic E-state index is 11.8. The van der Waals surface area contributed by atoms with E-state index in [1.54, 1.807) is 18.2 Å². The summed E-state index contributed by atoms with van der Waals surface area (Å²) in [6.07, 6.45) is 0. The Morgan fingerprint density at radius 1 is 1.35 bits per heavy atom. The van der Waals surface area contributed by atoms with Gasteiger partial charge in [0.25, 0.3) is 0 Å². The van der Waals surface area contributed by atoms with Crippen LogP contribution in [0.15, 0.2) is 34.1 Å². The highest BCUT2D eigenvalue weighted by Gasteiger charge is 2.19. The van der Waals surface area contributed by atoms with Crippen LogP contribution in [0.4, 0.5) is 0 Å². The van der Waals surface area contributed by atoms with Gasteiger partial charge in [0.2, 0.25) is 6.79 Å². The summed E-state index contributed by atoms with van der Waals surface area (Å²) in [7, 11) is -4.91. The maximum Gasteiger partial charge on any atom is 0.496 e. The normalized spacial score (nSPS) is 11.8. The zero-order chi connectivity index (χ0) is 12.7. The third kappa shape index (κ3) is 4.37. The third-order valence-electron chi connectivity index (χ3n) is 1.74. The monoisotopic (exact) mass is 295 g/mol. The Morgan fingerprint density at radius 3 is 2.71 bits per heavy atom. The van der Waals surface area contributed by atoms with Gasteiger partial charge in [0.1, 0.15) is 4.90 Å². The van der Waals surface area contributed by atoms with Gasteiger partial charge in [-0.3, -0.25) is 0 Å². The molecule has 0 saturated heterocycles. The fraction of sp³-hybridized carbons (Fsp3) is 0.333. The molecule has 1 atom stereocenters. The highest BCUT2D eigenvalue weighted by Crippen LogP contribution is 2.27. The second-order valence-corrected chi connectivity index (χ2v) is 6.14. The molecule has 0 aliphatic carbocycles. The first kappa shape index (κ1) is 14.6. The Labute approximate surface area is 106 Å². The maximum atomic E-state index is 11.8. The Morgan fingerprint density at radius 2 is 2.06 bits per heavy atom. The average molecular weight is 295 g/mol. The van der Waals surface area contributed by atoms with Crippen molar-refractivity contribution < 1.29 is 21.7 Å². The molecule has 0 bridgehead atoms. The van der Waals surface area contributed by atoms with Crippen LogP contribution in [0.2, 0.25) is 0 Å². The van der Waals surface area contributed by atoms with Gasteiger partial charge in [-0.25, -0.2) is 4.18 Å². The molecule has 1 unspecified atom stereocenters. The lowest BCUT2D eigenvalue weighted by Crippen LogP contribution is -2.08. The van der Waals surface area contributed by atoms with Gasteiger partial charge in [-0.2, -0.15) is 8.42 Å². The first-order valence-electron chi connectivity index (χ1n) is 4.72. The molecule has 0 fully saturated rings. The summed E-state index contributed by atoms with van der Waals surface area (Å²) in [5.74, 6) is 0.755. The highest BCUT2D eigenvalue weighted by molar-refractivity contribution is 8.00. The van der Waals surface area contributed by atoms with Gasteiger partial charge in [0.05, 0.1) is 0 Å². The van der Waals surface area contributed by atoms with E-state index in [0.29, 0.717) is 4.90 Å². The summed E-state index contributed by atoms with van der Waals surface area (Å²) >= 11 is 1.41. The first-order valence-corrected chi connectivity index (χ1v) is 7.93. The van der Waals surface area contributed by atoms with Crippen molar-refractivity contribution in [3.63, 3.8) is 0 Å². The van der Waals surface area contributed by atoms with E-state index in [2.05, 4.69) is 8.71 Å². The zero-order valence-corrected chi connectivity index (χ0v) is 11.7. The molecular weight excluding hydrogens is 283 g/mol. The molecule has 0 aliphatic heterocycles. The standard InChI is InChI=1S/C9H12O5PS2/c1-2-16-8-5-3-4-6-9(8)17(11,12)14-7-13-15-10/h3-6,15H,2,7H2,1H3/q+1. The third-order valence-corrected chi connectivity index (χ3v) is 4.36. The van der Waals surface area contributed by atoms with Crippen LogP contribution in [0.5, 0.6) is 0 Å². The molecule has 0 radical (unpaired) electrons. The second kappa shape index (κ2) is 7.08. The molecule has 0 N–H and O–H groups in total. The van der Waals surface area contributed by atoms with Gasteiger partial charge in [0.15, 0.2) is 0 Å². The van der Waals surface area contributed by atoms with Gasteiger partial charge >= 0.3 is 18.8 Å². The molecule has 1 aromatic rings. The van der Waals surface area contributed by atoms with Crippen molar-refractivity contribution in [1.82, 2.24) is 0 Å². The Bertz CT molecular complexity index is 474. The van der Waals surface area contributed by atoms with Gasteiger partial charge < -0.3 is 0 Å². The lowest BCUT2D eigenvalue weighted by molar-refractivity contribution is 0.139. The minimum atomic E-state index is -3.87. The molecule has 0 aromatic heterocycles. The van der Waals surface area contributed by atoms with E-state index >= 15 is 0 Å². The molecule has 0 aliphatic rings. The van der Waals surface area contributed by atoms with E-state index in [9.17, 15) is 13.0 Å². The zero-order valence-electron chi connectivity index (χ0n) is 9.08. The summed E-state index contributed by atoms with van der Waals surface area (Å²) in [4.78, 5) is 0.726. The van der Waals surface area contributed by atoms with Crippen molar-refractivity contribution >= 4 is 30.6 Å². The quantitative estimate of drug-likeness (QED) is 0.253. The van der Waals surface area contributed by atoms with E-state index < -0.39 is 25.6 Å². The number of benzene rings is 1. The molecule has 1 aromatic carbocycles. The Balaban J connectivity index is 2.93. The van der Waals surface area contributed by atoms with Crippen LogP contribution < -0.4 is 0 Å². The van der Waals surface area contributed by atoms with Crippen molar-refractivity contribution in [2.45, 2.75) is 16.7 Å². The molecule has 94 valence electrons. The van der Waals surface area contributed by atoms with Crippen LogP contribution in [0, 0.1) is 0 Å². The number of hydrogen-bond acceptors (Lipinski definition) is 6.